The first-order valence-corrected chi connectivity index (χ1v) is 6.72. The van der Waals surface area contributed by atoms with Gasteiger partial charge in [-0.3, -0.25) is 4.68 Å². The lowest BCUT2D eigenvalue weighted by Gasteiger charge is -2.21. The molecular weight excluding hydrogens is 257 g/mol. The van der Waals surface area contributed by atoms with E-state index < -0.39 is 0 Å². The molecule has 2 rings (SSSR count). The van der Waals surface area contributed by atoms with E-state index in [-0.39, 0.29) is 11.9 Å². The van der Waals surface area contributed by atoms with E-state index in [1.807, 2.05) is 13.1 Å². The lowest BCUT2D eigenvalue weighted by atomic mass is 10.0. The van der Waals surface area contributed by atoms with Gasteiger partial charge in [0.15, 0.2) is 0 Å². The second-order valence-electron chi connectivity index (χ2n) is 4.65. The molecule has 1 unspecified atom stereocenters. The fraction of sp³-hybridized carbons (Fsp3) is 0.400. The van der Waals surface area contributed by atoms with Crippen molar-refractivity contribution in [3.8, 4) is 5.75 Å². The molecule has 1 heterocycles. The van der Waals surface area contributed by atoms with Gasteiger partial charge in [-0.05, 0) is 37.2 Å². The van der Waals surface area contributed by atoms with E-state index in [1.165, 1.54) is 12.1 Å². The van der Waals surface area contributed by atoms with Gasteiger partial charge < -0.3 is 10.1 Å². The van der Waals surface area contributed by atoms with Crippen LogP contribution in [0.25, 0.3) is 0 Å². The quantitative estimate of drug-likeness (QED) is 0.882. The smallest absolute Gasteiger partial charge is 0.124 e. The molecule has 0 aliphatic rings. The molecule has 5 heteroatoms. The van der Waals surface area contributed by atoms with Crippen molar-refractivity contribution >= 4 is 0 Å². The molecule has 108 valence electrons. The Bertz CT molecular complexity index is 568. The van der Waals surface area contributed by atoms with Crippen LogP contribution in [0, 0.1) is 5.82 Å². The summed E-state index contributed by atoms with van der Waals surface area (Å²) in [5.74, 6) is 0.396. The van der Waals surface area contributed by atoms with Gasteiger partial charge in [-0.2, -0.15) is 5.10 Å². The summed E-state index contributed by atoms with van der Waals surface area (Å²) < 4.78 is 20.8. The molecule has 0 aliphatic heterocycles. The van der Waals surface area contributed by atoms with Gasteiger partial charge >= 0.3 is 0 Å². The first-order chi connectivity index (χ1) is 9.67. The summed E-state index contributed by atoms with van der Waals surface area (Å²) in [4.78, 5) is 0. The Hall–Kier alpha value is -1.88. The molecule has 2 aromatic rings. The summed E-state index contributed by atoms with van der Waals surface area (Å²) >= 11 is 0. The van der Waals surface area contributed by atoms with Crippen molar-refractivity contribution in [2.24, 2.45) is 7.05 Å². The van der Waals surface area contributed by atoms with Crippen LogP contribution in [0.3, 0.4) is 0 Å². The van der Waals surface area contributed by atoms with E-state index in [0.717, 1.165) is 24.2 Å². The van der Waals surface area contributed by atoms with Crippen molar-refractivity contribution in [1.82, 2.24) is 15.1 Å². The number of benzene rings is 1. The van der Waals surface area contributed by atoms with Crippen LogP contribution in [0.4, 0.5) is 4.39 Å². The van der Waals surface area contributed by atoms with Gasteiger partial charge in [-0.15, -0.1) is 0 Å². The molecule has 0 fully saturated rings. The van der Waals surface area contributed by atoms with Crippen LogP contribution < -0.4 is 10.1 Å². The van der Waals surface area contributed by atoms with Gasteiger partial charge in [0.2, 0.25) is 0 Å². The number of nitrogens with one attached hydrogen (secondary N) is 1. The highest BCUT2D eigenvalue weighted by Crippen LogP contribution is 2.30. The maximum atomic E-state index is 13.6. The van der Waals surface area contributed by atoms with Gasteiger partial charge in [0.1, 0.15) is 11.6 Å². The summed E-state index contributed by atoms with van der Waals surface area (Å²) in [7, 11) is 3.47. The molecule has 1 atom stereocenters. The predicted octanol–water partition coefficient (Wildman–Crippen LogP) is 2.66. The zero-order valence-corrected chi connectivity index (χ0v) is 12.1. The summed E-state index contributed by atoms with van der Waals surface area (Å²) in [5, 5.41) is 7.61. The Labute approximate surface area is 118 Å². The molecule has 1 aromatic carbocycles. The Morgan fingerprint density at radius 3 is 2.80 bits per heavy atom. The summed E-state index contributed by atoms with van der Waals surface area (Å²) in [5.41, 5.74) is 1.76. The van der Waals surface area contributed by atoms with E-state index in [0.29, 0.717) is 5.75 Å². The second-order valence-corrected chi connectivity index (χ2v) is 4.65. The SMILES string of the molecule is CCCNC(c1cc(F)ccc1OC)c1ccnn1C. The topological polar surface area (TPSA) is 39.1 Å². The van der Waals surface area contributed by atoms with Crippen molar-refractivity contribution in [1.29, 1.82) is 0 Å². The molecule has 0 saturated carbocycles. The number of aryl methyl sites for hydroxylation is 1. The Balaban J connectivity index is 2.46. The molecule has 20 heavy (non-hydrogen) atoms. The van der Waals surface area contributed by atoms with E-state index in [4.69, 9.17) is 4.74 Å². The number of methoxy groups -OCH3 is 1. The minimum absolute atomic E-state index is 0.145. The van der Waals surface area contributed by atoms with Crippen molar-refractivity contribution in [3.05, 3.63) is 47.5 Å². The van der Waals surface area contributed by atoms with Crippen molar-refractivity contribution in [2.45, 2.75) is 19.4 Å². The van der Waals surface area contributed by atoms with Gasteiger partial charge in [0, 0.05) is 18.8 Å². The zero-order valence-electron chi connectivity index (χ0n) is 12.1. The number of ether oxygens (including phenoxy) is 1. The monoisotopic (exact) mass is 277 g/mol. The molecule has 0 radical (unpaired) electrons. The first kappa shape index (κ1) is 14.5. The average molecular weight is 277 g/mol. The number of halogens is 1. The van der Waals surface area contributed by atoms with Gasteiger partial charge in [0.05, 0.1) is 18.8 Å². The molecule has 4 nitrogen and oxygen atoms in total. The highest BCUT2D eigenvalue weighted by molar-refractivity contribution is 5.40. The van der Waals surface area contributed by atoms with E-state index in [1.54, 1.807) is 24.1 Å². The average Bonchev–Trinajstić information content (AvgIpc) is 2.86. The molecule has 1 N–H and O–H groups in total. The molecule has 0 aliphatic carbocycles. The zero-order chi connectivity index (χ0) is 14.5. The van der Waals surface area contributed by atoms with Crippen molar-refractivity contribution in [3.63, 3.8) is 0 Å². The summed E-state index contributed by atoms with van der Waals surface area (Å²) in [6.07, 6.45) is 2.73. The lowest BCUT2D eigenvalue weighted by molar-refractivity contribution is 0.400. The predicted molar refractivity (Wildman–Crippen MR) is 76.3 cm³/mol. The van der Waals surface area contributed by atoms with Crippen molar-refractivity contribution < 1.29 is 9.13 Å². The second kappa shape index (κ2) is 6.52. The number of rotatable bonds is 6. The van der Waals surface area contributed by atoms with Crippen LogP contribution in [-0.4, -0.2) is 23.4 Å². The van der Waals surface area contributed by atoms with Gasteiger partial charge in [-0.25, -0.2) is 4.39 Å². The fourth-order valence-electron chi connectivity index (χ4n) is 2.26. The maximum absolute atomic E-state index is 13.6. The summed E-state index contributed by atoms with van der Waals surface area (Å²) in [6.45, 7) is 2.92. The van der Waals surface area contributed by atoms with E-state index >= 15 is 0 Å². The highest BCUT2D eigenvalue weighted by Gasteiger charge is 2.21. The third kappa shape index (κ3) is 2.99. The van der Waals surface area contributed by atoms with Crippen LogP contribution in [0.5, 0.6) is 5.75 Å². The number of aromatic nitrogens is 2. The minimum Gasteiger partial charge on any atom is -0.496 e. The molecule has 1 aromatic heterocycles. The molecule has 0 bridgehead atoms. The number of hydrogen-bond acceptors (Lipinski definition) is 3. The number of hydrogen-bond donors (Lipinski definition) is 1. The third-order valence-corrected chi connectivity index (χ3v) is 3.26. The normalized spacial score (nSPS) is 12.4. The first-order valence-electron chi connectivity index (χ1n) is 6.72. The molecular formula is C15H20FN3O. The van der Waals surface area contributed by atoms with Gasteiger partial charge in [0.25, 0.3) is 0 Å². The number of nitrogens with zero attached hydrogens (tertiary/aromatic N) is 2. The third-order valence-electron chi connectivity index (χ3n) is 3.26. The fourth-order valence-corrected chi connectivity index (χ4v) is 2.26. The summed E-state index contributed by atoms with van der Waals surface area (Å²) in [6, 6.07) is 6.36. The van der Waals surface area contributed by atoms with Crippen LogP contribution in [0.1, 0.15) is 30.6 Å². The molecule has 0 spiro atoms. The van der Waals surface area contributed by atoms with Crippen LogP contribution in [-0.2, 0) is 7.05 Å². The van der Waals surface area contributed by atoms with E-state index in [9.17, 15) is 4.39 Å². The maximum Gasteiger partial charge on any atom is 0.124 e. The highest BCUT2D eigenvalue weighted by atomic mass is 19.1. The Kier molecular flexibility index (Phi) is 4.74. The van der Waals surface area contributed by atoms with Crippen molar-refractivity contribution in [2.75, 3.05) is 13.7 Å². The minimum atomic E-state index is -0.272. The molecule has 0 amide bonds. The molecule has 0 saturated heterocycles. The standard InChI is InChI=1S/C15H20FN3O/c1-4-8-17-15(13-7-9-18-19(13)2)12-10-11(16)5-6-14(12)20-3/h5-7,9-10,15,17H,4,8H2,1-3H3. The van der Waals surface area contributed by atoms with E-state index in [2.05, 4.69) is 17.3 Å². The Morgan fingerprint density at radius 2 is 2.20 bits per heavy atom. The van der Waals surface area contributed by atoms with Crippen LogP contribution >= 0.6 is 0 Å². The van der Waals surface area contributed by atoms with Crippen LogP contribution in [0.2, 0.25) is 0 Å². The van der Waals surface area contributed by atoms with Gasteiger partial charge in [-0.1, -0.05) is 6.92 Å². The van der Waals surface area contributed by atoms with Crippen LogP contribution in [0.15, 0.2) is 30.5 Å². The lowest BCUT2D eigenvalue weighted by Crippen LogP contribution is -2.25. The Morgan fingerprint density at radius 1 is 1.40 bits per heavy atom. The largest absolute Gasteiger partial charge is 0.496 e.